The van der Waals surface area contributed by atoms with E-state index in [0.29, 0.717) is 12.8 Å². The number of hydrogen-bond acceptors (Lipinski definition) is 2. The number of hydrogen-bond donors (Lipinski definition) is 1. The van der Waals surface area contributed by atoms with Crippen molar-refractivity contribution in [2.45, 2.75) is 38.6 Å². The summed E-state index contributed by atoms with van der Waals surface area (Å²) in [5, 5.41) is 5.50. The quantitative estimate of drug-likeness (QED) is 0.522. The largest absolute Gasteiger partial charge is 0.356 e. The Balaban J connectivity index is 1.51. The van der Waals surface area contributed by atoms with Crippen LogP contribution in [0.2, 0.25) is 0 Å². The van der Waals surface area contributed by atoms with Gasteiger partial charge >= 0.3 is 0 Å². The number of nitrogens with one attached hydrogen (secondary N) is 1. The van der Waals surface area contributed by atoms with Gasteiger partial charge in [-0.2, -0.15) is 5.10 Å². The lowest BCUT2D eigenvalue weighted by atomic mass is 9.91. The molecule has 5 rings (SSSR count). The molecule has 1 aliphatic rings. The predicted molar refractivity (Wildman–Crippen MR) is 123 cm³/mol. The van der Waals surface area contributed by atoms with Gasteiger partial charge in [0.15, 0.2) is 0 Å². The maximum Gasteiger partial charge on any atom is 0.223 e. The molecule has 1 unspecified atom stereocenters. The topological polar surface area (TPSA) is 53.9 Å². The fraction of sp³-hybridized carbons (Fsp3) is 0.308. The van der Waals surface area contributed by atoms with E-state index in [1.165, 1.54) is 22.1 Å². The molecule has 158 valence electrons. The average molecular weight is 413 g/mol. The molecule has 5 nitrogen and oxygen atoms in total. The summed E-state index contributed by atoms with van der Waals surface area (Å²) in [6.45, 7) is 2.90. The molecular weight excluding hydrogens is 384 g/mol. The summed E-state index contributed by atoms with van der Waals surface area (Å²) >= 11 is 0. The molecule has 0 bridgehead atoms. The second-order valence-electron chi connectivity index (χ2n) is 8.42. The lowest BCUT2D eigenvalue weighted by Crippen LogP contribution is -2.40. The van der Waals surface area contributed by atoms with Crippen LogP contribution in [-0.2, 0) is 31.1 Å². The second-order valence-corrected chi connectivity index (χ2v) is 8.42. The van der Waals surface area contributed by atoms with Crippen LogP contribution in [-0.4, -0.2) is 32.1 Å². The monoisotopic (exact) mass is 412 g/mol. The number of nitrogens with zero attached hydrogens (tertiary/aromatic N) is 3. The Labute approximate surface area is 182 Å². The van der Waals surface area contributed by atoms with Crippen molar-refractivity contribution in [2.24, 2.45) is 7.05 Å². The molecule has 0 saturated heterocycles. The van der Waals surface area contributed by atoms with Gasteiger partial charge in [-0.3, -0.25) is 9.48 Å². The molecular formula is C26H28N4O. The first-order valence-electron chi connectivity index (χ1n) is 11.1. The van der Waals surface area contributed by atoms with E-state index in [9.17, 15) is 4.79 Å². The summed E-state index contributed by atoms with van der Waals surface area (Å²) in [6, 6.07) is 17.1. The summed E-state index contributed by atoms with van der Waals surface area (Å²) < 4.78 is 1.79. The first kappa shape index (κ1) is 19.6. The highest BCUT2D eigenvalue weighted by molar-refractivity contribution is 5.86. The first-order chi connectivity index (χ1) is 15.1. The van der Waals surface area contributed by atoms with Crippen molar-refractivity contribution in [1.29, 1.82) is 0 Å². The van der Waals surface area contributed by atoms with Gasteiger partial charge in [-0.15, -0.1) is 0 Å². The van der Waals surface area contributed by atoms with Crippen LogP contribution in [0.3, 0.4) is 0 Å². The number of amides is 1. The molecule has 4 aromatic rings. The lowest BCUT2D eigenvalue weighted by Gasteiger charge is -2.36. The molecule has 1 amide bonds. The number of carbonyl (C=O) groups is 1. The standard InChI is InChI=1S/C26H28N4O/c1-3-18-8-11-20(12-9-18)26-25-22(21-6-4-5-7-23(21)28-25)14-15-30(26)24(31)13-10-19-16-27-29(2)17-19/h4-9,11-12,16-17,26,28H,3,10,13-15H2,1-2H3. The van der Waals surface area contributed by atoms with E-state index in [2.05, 4.69) is 70.4 Å². The number of aromatic nitrogens is 3. The Kier molecular flexibility index (Phi) is 5.10. The van der Waals surface area contributed by atoms with Crippen molar-refractivity contribution in [1.82, 2.24) is 19.7 Å². The third-order valence-electron chi connectivity index (χ3n) is 6.44. The van der Waals surface area contributed by atoms with Gasteiger partial charge in [-0.1, -0.05) is 49.4 Å². The van der Waals surface area contributed by atoms with E-state index < -0.39 is 0 Å². The average Bonchev–Trinajstić information content (AvgIpc) is 3.40. The number of aromatic amines is 1. The van der Waals surface area contributed by atoms with Crippen LogP contribution in [0.5, 0.6) is 0 Å². The fourth-order valence-electron chi connectivity index (χ4n) is 4.79. The van der Waals surface area contributed by atoms with Crippen molar-refractivity contribution in [3.63, 3.8) is 0 Å². The van der Waals surface area contributed by atoms with Crippen LogP contribution in [0.4, 0.5) is 0 Å². The van der Waals surface area contributed by atoms with Gasteiger partial charge in [0.2, 0.25) is 5.91 Å². The number of para-hydroxylation sites is 1. The summed E-state index contributed by atoms with van der Waals surface area (Å²) in [5.74, 6) is 0.192. The van der Waals surface area contributed by atoms with Crippen LogP contribution in [0.25, 0.3) is 10.9 Å². The van der Waals surface area contributed by atoms with E-state index in [0.717, 1.165) is 36.2 Å². The van der Waals surface area contributed by atoms with Gasteiger partial charge in [-0.25, -0.2) is 0 Å². The lowest BCUT2D eigenvalue weighted by molar-refractivity contribution is -0.133. The van der Waals surface area contributed by atoms with E-state index in [1.54, 1.807) is 4.68 Å². The predicted octanol–water partition coefficient (Wildman–Crippen LogP) is 4.57. The Bertz CT molecular complexity index is 1220. The molecule has 1 atom stereocenters. The van der Waals surface area contributed by atoms with Gasteiger partial charge in [-0.05, 0) is 47.6 Å². The number of fused-ring (bicyclic) bond motifs is 3. The highest BCUT2D eigenvalue weighted by Gasteiger charge is 2.34. The Morgan fingerprint density at radius 2 is 1.94 bits per heavy atom. The number of benzene rings is 2. The molecule has 0 fully saturated rings. The summed E-state index contributed by atoms with van der Waals surface area (Å²) in [5.41, 5.74) is 7.23. The minimum atomic E-state index is -0.0801. The normalized spacial score (nSPS) is 15.9. The Morgan fingerprint density at radius 1 is 1.13 bits per heavy atom. The molecule has 0 aliphatic carbocycles. The minimum absolute atomic E-state index is 0.0801. The SMILES string of the molecule is CCc1ccc(C2c3[nH]c4ccccc4c3CCN2C(=O)CCc2cnn(C)c2)cc1. The van der Waals surface area contributed by atoms with Crippen LogP contribution in [0.15, 0.2) is 60.9 Å². The zero-order valence-electron chi connectivity index (χ0n) is 18.1. The molecule has 31 heavy (non-hydrogen) atoms. The van der Waals surface area contributed by atoms with Crippen LogP contribution < -0.4 is 0 Å². The van der Waals surface area contributed by atoms with Crippen LogP contribution >= 0.6 is 0 Å². The highest BCUT2D eigenvalue weighted by atomic mass is 16.2. The molecule has 0 saturated carbocycles. The molecule has 2 aromatic carbocycles. The van der Waals surface area contributed by atoms with Gasteiger partial charge in [0, 0.05) is 42.8 Å². The molecule has 0 spiro atoms. The van der Waals surface area contributed by atoms with Crippen molar-refractivity contribution in [3.8, 4) is 0 Å². The fourth-order valence-corrected chi connectivity index (χ4v) is 4.79. The second kappa shape index (κ2) is 8.06. The maximum absolute atomic E-state index is 13.4. The van der Waals surface area contributed by atoms with E-state index >= 15 is 0 Å². The van der Waals surface area contributed by atoms with E-state index in [4.69, 9.17) is 0 Å². The Hall–Kier alpha value is -3.34. The third kappa shape index (κ3) is 3.65. The van der Waals surface area contributed by atoms with Crippen LogP contribution in [0.1, 0.15) is 47.3 Å². The summed E-state index contributed by atoms with van der Waals surface area (Å²) in [6.07, 6.45) is 6.92. The first-order valence-corrected chi connectivity index (χ1v) is 11.1. The third-order valence-corrected chi connectivity index (χ3v) is 6.44. The molecule has 1 aliphatic heterocycles. The number of rotatable bonds is 5. The molecule has 0 radical (unpaired) electrons. The Morgan fingerprint density at radius 3 is 2.68 bits per heavy atom. The number of H-pyrrole nitrogens is 1. The van der Waals surface area contributed by atoms with Crippen molar-refractivity contribution in [3.05, 3.63) is 88.9 Å². The van der Waals surface area contributed by atoms with Crippen molar-refractivity contribution < 1.29 is 4.79 Å². The molecule has 5 heteroatoms. The minimum Gasteiger partial charge on any atom is -0.356 e. The smallest absolute Gasteiger partial charge is 0.223 e. The molecule has 1 N–H and O–H groups in total. The summed E-state index contributed by atoms with van der Waals surface area (Å²) in [7, 11) is 1.91. The van der Waals surface area contributed by atoms with Gasteiger partial charge in [0.25, 0.3) is 0 Å². The number of aryl methyl sites for hydroxylation is 3. The zero-order valence-corrected chi connectivity index (χ0v) is 18.1. The zero-order chi connectivity index (χ0) is 21.4. The van der Waals surface area contributed by atoms with E-state index in [-0.39, 0.29) is 11.9 Å². The maximum atomic E-state index is 13.4. The highest BCUT2D eigenvalue weighted by Crippen LogP contribution is 2.38. The molecule has 2 aromatic heterocycles. The molecule has 3 heterocycles. The summed E-state index contributed by atoms with van der Waals surface area (Å²) in [4.78, 5) is 19.1. The van der Waals surface area contributed by atoms with Crippen LogP contribution in [0, 0.1) is 0 Å². The van der Waals surface area contributed by atoms with Crippen molar-refractivity contribution in [2.75, 3.05) is 6.54 Å². The number of carbonyl (C=O) groups excluding carboxylic acids is 1. The van der Waals surface area contributed by atoms with Crippen molar-refractivity contribution >= 4 is 16.8 Å². The van der Waals surface area contributed by atoms with E-state index in [1.807, 2.05) is 19.4 Å². The van der Waals surface area contributed by atoms with Gasteiger partial charge < -0.3 is 9.88 Å². The van der Waals surface area contributed by atoms with Gasteiger partial charge in [0.05, 0.1) is 12.2 Å². The van der Waals surface area contributed by atoms with Gasteiger partial charge in [0.1, 0.15) is 0 Å².